The van der Waals surface area contributed by atoms with E-state index in [2.05, 4.69) is 5.32 Å². The third kappa shape index (κ3) is 3.89. The minimum atomic E-state index is -0.173. The number of methoxy groups -OCH3 is 2. The van der Waals surface area contributed by atoms with E-state index in [0.717, 1.165) is 5.56 Å². The van der Waals surface area contributed by atoms with Gasteiger partial charge in [0.1, 0.15) is 5.75 Å². The van der Waals surface area contributed by atoms with E-state index in [4.69, 9.17) is 9.47 Å². The molecule has 5 heteroatoms. The van der Waals surface area contributed by atoms with E-state index >= 15 is 0 Å². The second-order valence-corrected chi connectivity index (χ2v) is 4.46. The molecule has 0 saturated heterocycles. The number of benzene rings is 2. The third-order valence-corrected chi connectivity index (χ3v) is 2.94. The first kappa shape index (κ1) is 14.7. The lowest BCUT2D eigenvalue weighted by Crippen LogP contribution is -2.14. The van der Waals surface area contributed by atoms with E-state index in [1.165, 1.54) is 6.07 Å². The van der Waals surface area contributed by atoms with Gasteiger partial charge >= 0.3 is 0 Å². The molecule has 110 valence electrons. The molecule has 1 amide bonds. The Kier molecular flexibility index (Phi) is 4.66. The number of phenolic OH excluding ortho intramolecular Hbond substituents is 1. The van der Waals surface area contributed by atoms with Crippen molar-refractivity contribution >= 4 is 11.6 Å². The van der Waals surface area contributed by atoms with E-state index in [0.29, 0.717) is 17.2 Å². The topological polar surface area (TPSA) is 67.8 Å². The van der Waals surface area contributed by atoms with Crippen LogP contribution in [0, 0.1) is 0 Å². The van der Waals surface area contributed by atoms with Gasteiger partial charge < -0.3 is 19.9 Å². The molecular formula is C16H17NO4. The number of hydrogen-bond donors (Lipinski definition) is 2. The van der Waals surface area contributed by atoms with Gasteiger partial charge in [0.05, 0.1) is 20.6 Å². The van der Waals surface area contributed by atoms with Crippen molar-refractivity contribution in [1.29, 1.82) is 0 Å². The maximum atomic E-state index is 12.0. The lowest BCUT2D eigenvalue weighted by molar-refractivity contribution is -0.115. The van der Waals surface area contributed by atoms with E-state index in [1.54, 1.807) is 44.6 Å². The molecule has 0 fully saturated rings. The molecule has 0 unspecified atom stereocenters. The number of nitrogens with one attached hydrogen (secondary N) is 1. The van der Waals surface area contributed by atoms with Crippen molar-refractivity contribution in [1.82, 2.24) is 0 Å². The molecule has 0 atom stereocenters. The quantitative estimate of drug-likeness (QED) is 0.887. The number of carbonyl (C=O) groups excluding carboxylic acids is 1. The maximum Gasteiger partial charge on any atom is 0.228 e. The van der Waals surface area contributed by atoms with E-state index < -0.39 is 0 Å². The largest absolute Gasteiger partial charge is 0.508 e. The van der Waals surface area contributed by atoms with Gasteiger partial charge in [-0.1, -0.05) is 12.1 Å². The van der Waals surface area contributed by atoms with Crippen molar-refractivity contribution in [3.05, 3.63) is 48.0 Å². The first-order valence-corrected chi connectivity index (χ1v) is 6.42. The summed E-state index contributed by atoms with van der Waals surface area (Å²) < 4.78 is 10.4. The zero-order valence-corrected chi connectivity index (χ0v) is 11.9. The van der Waals surface area contributed by atoms with Gasteiger partial charge in [-0.2, -0.15) is 0 Å². The highest BCUT2D eigenvalue weighted by molar-refractivity contribution is 5.92. The fourth-order valence-corrected chi connectivity index (χ4v) is 1.96. The summed E-state index contributed by atoms with van der Waals surface area (Å²) in [5.41, 5.74) is 1.37. The number of hydrogen-bond acceptors (Lipinski definition) is 4. The second-order valence-electron chi connectivity index (χ2n) is 4.46. The average molecular weight is 287 g/mol. The predicted molar refractivity (Wildman–Crippen MR) is 80.0 cm³/mol. The van der Waals surface area contributed by atoms with E-state index in [-0.39, 0.29) is 18.1 Å². The van der Waals surface area contributed by atoms with Crippen LogP contribution in [0.15, 0.2) is 42.5 Å². The highest BCUT2D eigenvalue weighted by Crippen LogP contribution is 2.27. The number of carbonyl (C=O) groups is 1. The number of anilines is 1. The first-order chi connectivity index (χ1) is 10.1. The summed E-state index contributed by atoms with van der Waals surface area (Å²) in [5.74, 6) is 1.14. The molecule has 2 aromatic carbocycles. The summed E-state index contributed by atoms with van der Waals surface area (Å²) in [7, 11) is 3.11. The van der Waals surface area contributed by atoms with Crippen molar-refractivity contribution in [2.75, 3.05) is 19.5 Å². The molecule has 0 radical (unpaired) electrons. The van der Waals surface area contributed by atoms with Crippen molar-refractivity contribution in [2.24, 2.45) is 0 Å². The molecule has 0 bridgehead atoms. The Balaban J connectivity index is 2.06. The highest BCUT2D eigenvalue weighted by Gasteiger charge is 2.08. The maximum absolute atomic E-state index is 12.0. The van der Waals surface area contributed by atoms with Crippen molar-refractivity contribution in [3.8, 4) is 17.2 Å². The number of rotatable bonds is 5. The monoisotopic (exact) mass is 287 g/mol. The second kappa shape index (κ2) is 6.65. The summed E-state index contributed by atoms with van der Waals surface area (Å²) in [6.07, 6.45) is 0.204. The zero-order valence-electron chi connectivity index (χ0n) is 11.9. The SMILES string of the molecule is COc1ccc(CC(=O)Nc2cccc(O)c2)cc1OC. The van der Waals surface area contributed by atoms with Crippen LogP contribution < -0.4 is 14.8 Å². The van der Waals surface area contributed by atoms with E-state index in [9.17, 15) is 9.90 Å². The van der Waals surface area contributed by atoms with Crippen LogP contribution in [0.4, 0.5) is 5.69 Å². The molecule has 2 rings (SSSR count). The molecule has 0 aromatic heterocycles. The molecule has 5 nitrogen and oxygen atoms in total. The molecule has 0 saturated carbocycles. The van der Waals surface area contributed by atoms with Crippen LogP contribution in [0.2, 0.25) is 0 Å². The summed E-state index contributed by atoms with van der Waals surface area (Å²) in [5, 5.41) is 12.1. The Hall–Kier alpha value is -2.69. The fourth-order valence-electron chi connectivity index (χ4n) is 1.96. The fraction of sp³-hybridized carbons (Fsp3) is 0.188. The van der Waals surface area contributed by atoms with Crippen molar-refractivity contribution in [3.63, 3.8) is 0 Å². The first-order valence-electron chi connectivity index (χ1n) is 6.42. The smallest absolute Gasteiger partial charge is 0.228 e. The Morgan fingerprint density at radius 3 is 2.52 bits per heavy atom. The number of phenols is 1. The van der Waals surface area contributed by atoms with Gasteiger partial charge in [0.25, 0.3) is 0 Å². The van der Waals surface area contributed by atoms with Crippen LogP contribution in [-0.2, 0) is 11.2 Å². The van der Waals surface area contributed by atoms with E-state index in [1.807, 2.05) is 6.07 Å². The van der Waals surface area contributed by atoms with Gasteiger partial charge in [-0.05, 0) is 29.8 Å². The molecule has 21 heavy (non-hydrogen) atoms. The van der Waals surface area contributed by atoms with Gasteiger partial charge in [-0.15, -0.1) is 0 Å². The zero-order chi connectivity index (χ0) is 15.2. The highest BCUT2D eigenvalue weighted by atomic mass is 16.5. The standard InChI is InChI=1S/C16H17NO4/c1-20-14-7-6-11(8-15(14)21-2)9-16(19)17-12-4-3-5-13(18)10-12/h3-8,10,18H,9H2,1-2H3,(H,17,19). The molecule has 0 aliphatic rings. The lowest BCUT2D eigenvalue weighted by atomic mass is 10.1. The van der Waals surface area contributed by atoms with Crippen LogP contribution in [0.1, 0.15) is 5.56 Å². The van der Waals surface area contributed by atoms with Crippen LogP contribution in [0.3, 0.4) is 0 Å². The minimum Gasteiger partial charge on any atom is -0.508 e. The number of amides is 1. The van der Waals surface area contributed by atoms with Crippen molar-refractivity contribution in [2.45, 2.75) is 6.42 Å². The van der Waals surface area contributed by atoms with Gasteiger partial charge in [0, 0.05) is 11.8 Å². The van der Waals surface area contributed by atoms with Gasteiger partial charge in [-0.3, -0.25) is 4.79 Å². The normalized spacial score (nSPS) is 10.0. The number of aromatic hydroxyl groups is 1. The molecule has 2 N–H and O–H groups in total. The lowest BCUT2D eigenvalue weighted by Gasteiger charge is -2.10. The van der Waals surface area contributed by atoms with Gasteiger partial charge in [-0.25, -0.2) is 0 Å². The molecule has 0 heterocycles. The Bertz CT molecular complexity index is 640. The summed E-state index contributed by atoms with van der Waals surface area (Å²) in [6, 6.07) is 11.8. The van der Waals surface area contributed by atoms with Gasteiger partial charge in [0.2, 0.25) is 5.91 Å². The molecule has 0 aliphatic carbocycles. The van der Waals surface area contributed by atoms with Gasteiger partial charge in [0.15, 0.2) is 11.5 Å². The minimum absolute atomic E-state index is 0.110. The summed E-state index contributed by atoms with van der Waals surface area (Å²) >= 11 is 0. The third-order valence-electron chi connectivity index (χ3n) is 2.94. The Morgan fingerprint density at radius 2 is 1.86 bits per heavy atom. The van der Waals surface area contributed by atoms with Crippen LogP contribution in [0.25, 0.3) is 0 Å². The Labute approximate surface area is 123 Å². The van der Waals surface area contributed by atoms with Crippen LogP contribution >= 0.6 is 0 Å². The average Bonchev–Trinajstić information content (AvgIpc) is 2.47. The summed E-state index contributed by atoms with van der Waals surface area (Å²) in [4.78, 5) is 12.0. The van der Waals surface area contributed by atoms with Crippen LogP contribution in [0.5, 0.6) is 17.2 Å². The molecule has 0 spiro atoms. The molecular weight excluding hydrogens is 270 g/mol. The number of ether oxygens (including phenoxy) is 2. The molecule has 0 aliphatic heterocycles. The van der Waals surface area contributed by atoms with Crippen LogP contribution in [-0.4, -0.2) is 25.2 Å². The predicted octanol–water partition coefficient (Wildman–Crippen LogP) is 2.59. The summed E-state index contributed by atoms with van der Waals surface area (Å²) in [6.45, 7) is 0. The Morgan fingerprint density at radius 1 is 1.10 bits per heavy atom. The van der Waals surface area contributed by atoms with Crippen molar-refractivity contribution < 1.29 is 19.4 Å². The molecule has 2 aromatic rings.